The molecule has 0 saturated heterocycles. The number of hydrogen-bond acceptors (Lipinski definition) is 2. The molecule has 2 atom stereocenters. The van der Waals surface area contributed by atoms with E-state index in [0.29, 0.717) is 0 Å². The normalized spacial score (nSPS) is 24.8. The standard InChI is InChI=1S/C15H23NO/c1-11-6-12(2)8-14(7-11)9-16-10-15-5-4-13(3)17-15/h4-6,11,14,16H,7-10H2,1-3H3. The van der Waals surface area contributed by atoms with Gasteiger partial charge in [0.15, 0.2) is 0 Å². The molecule has 0 saturated carbocycles. The molecule has 0 aromatic carbocycles. The molecule has 2 rings (SSSR count). The first kappa shape index (κ1) is 12.4. The minimum atomic E-state index is 0.737. The maximum atomic E-state index is 5.54. The van der Waals surface area contributed by atoms with Crippen LogP contribution in [0.15, 0.2) is 28.2 Å². The van der Waals surface area contributed by atoms with Gasteiger partial charge in [-0.2, -0.15) is 0 Å². The van der Waals surface area contributed by atoms with Gasteiger partial charge in [0.05, 0.1) is 6.54 Å². The van der Waals surface area contributed by atoms with Crippen LogP contribution in [0.2, 0.25) is 0 Å². The predicted octanol–water partition coefficient (Wildman–Crippen LogP) is 3.67. The maximum absolute atomic E-state index is 5.54. The van der Waals surface area contributed by atoms with Crippen molar-refractivity contribution in [2.75, 3.05) is 6.54 Å². The van der Waals surface area contributed by atoms with Crippen molar-refractivity contribution in [3.63, 3.8) is 0 Å². The summed E-state index contributed by atoms with van der Waals surface area (Å²) >= 11 is 0. The third kappa shape index (κ3) is 3.74. The average Bonchev–Trinajstić information content (AvgIpc) is 2.63. The number of rotatable bonds is 4. The Balaban J connectivity index is 1.74. The molecule has 1 aliphatic carbocycles. The zero-order valence-electron chi connectivity index (χ0n) is 11.1. The van der Waals surface area contributed by atoms with Crippen LogP contribution in [-0.4, -0.2) is 6.54 Å². The van der Waals surface area contributed by atoms with E-state index in [1.54, 1.807) is 5.57 Å². The predicted molar refractivity (Wildman–Crippen MR) is 70.8 cm³/mol. The number of furan rings is 1. The molecule has 1 N–H and O–H groups in total. The van der Waals surface area contributed by atoms with Crippen LogP contribution in [0.5, 0.6) is 0 Å². The Morgan fingerprint density at radius 3 is 2.82 bits per heavy atom. The van der Waals surface area contributed by atoms with E-state index >= 15 is 0 Å². The van der Waals surface area contributed by atoms with Crippen LogP contribution in [0, 0.1) is 18.8 Å². The van der Waals surface area contributed by atoms with E-state index < -0.39 is 0 Å². The molecule has 0 amide bonds. The SMILES string of the molecule is CC1=CC(C)CC(CNCc2ccc(C)o2)C1. The smallest absolute Gasteiger partial charge is 0.117 e. The van der Waals surface area contributed by atoms with Crippen molar-refractivity contribution in [3.05, 3.63) is 35.3 Å². The molecule has 2 nitrogen and oxygen atoms in total. The molecule has 1 heterocycles. The molecular formula is C15H23NO. The molecule has 0 aliphatic heterocycles. The van der Waals surface area contributed by atoms with Crippen molar-refractivity contribution in [3.8, 4) is 0 Å². The summed E-state index contributed by atoms with van der Waals surface area (Å²) in [6.45, 7) is 8.49. The molecule has 2 unspecified atom stereocenters. The third-order valence-corrected chi connectivity index (χ3v) is 3.41. The van der Waals surface area contributed by atoms with Gasteiger partial charge < -0.3 is 9.73 Å². The highest BCUT2D eigenvalue weighted by Crippen LogP contribution is 2.27. The van der Waals surface area contributed by atoms with Crippen molar-refractivity contribution in [2.24, 2.45) is 11.8 Å². The van der Waals surface area contributed by atoms with Crippen LogP contribution in [0.3, 0.4) is 0 Å². The van der Waals surface area contributed by atoms with E-state index in [-0.39, 0.29) is 0 Å². The fourth-order valence-electron chi connectivity index (χ4n) is 2.82. The fraction of sp³-hybridized carbons (Fsp3) is 0.600. The Labute approximate surface area is 104 Å². The van der Waals surface area contributed by atoms with E-state index in [9.17, 15) is 0 Å². The lowest BCUT2D eigenvalue weighted by Gasteiger charge is -2.25. The summed E-state index contributed by atoms with van der Waals surface area (Å²) in [5.74, 6) is 3.55. The highest BCUT2D eigenvalue weighted by molar-refractivity contribution is 5.07. The quantitative estimate of drug-likeness (QED) is 0.803. The van der Waals surface area contributed by atoms with Gasteiger partial charge in [0, 0.05) is 0 Å². The fourth-order valence-corrected chi connectivity index (χ4v) is 2.82. The largest absolute Gasteiger partial charge is 0.465 e. The van der Waals surface area contributed by atoms with E-state index in [1.807, 2.05) is 13.0 Å². The molecular weight excluding hydrogens is 210 g/mol. The molecule has 0 bridgehead atoms. The minimum Gasteiger partial charge on any atom is -0.465 e. The summed E-state index contributed by atoms with van der Waals surface area (Å²) in [7, 11) is 0. The molecule has 1 aromatic rings. The number of nitrogens with one attached hydrogen (secondary N) is 1. The van der Waals surface area contributed by atoms with Crippen molar-refractivity contribution < 1.29 is 4.42 Å². The summed E-state index contributed by atoms with van der Waals surface area (Å²) in [4.78, 5) is 0. The Kier molecular flexibility index (Phi) is 4.06. The molecule has 2 heteroatoms. The van der Waals surface area contributed by atoms with Gasteiger partial charge in [0.2, 0.25) is 0 Å². The van der Waals surface area contributed by atoms with Crippen molar-refractivity contribution in [1.29, 1.82) is 0 Å². The first-order valence-corrected chi connectivity index (χ1v) is 6.57. The molecule has 1 aliphatic rings. The second-order valence-electron chi connectivity index (χ2n) is 5.44. The lowest BCUT2D eigenvalue weighted by atomic mass is 9.84. The zero-order valence-corrected chi connectivity index (χ0v) is 11.1. The Morgan fingerprint density at radius 2 is 2.18 bits per heavy atom. The Morgan fingerprint density at radius 1 is 1.35 bits per heavy atom. The van der Waals surface area contributed by atoms with Gasteiger partial charge in [-0.1, -0.05) is 18.6 Å². The Hall–Kier alpha value is -1.02. The Bertz CT molecular complexity index is 391. The van der Waals surface area contributed by atoms with Gasteiger partial charge in [0.1, 0.15) is 11.5 Å². The van der Waals surface area contributed by atoms with Gasteiger partial charge in [-0.25, -0.2) is 0 Å². The minimum absolute atomic E-state index is 0.737. The lowest BCUT2D eigenvalue weighted by Crippen LogP contribution is -2.25. The summed E-state index contributed by atoms with van der Waals surface area (Å²) < 4.78 is 5.54. The van der Waals surface area contributed by atoms with E-state index in [0.717, 1.165) is 36.4 Å². The summed E-state index contributed by atoms with van der Waals surface area (Å²) in [6, 6.07) is 4.07. The first-order valence-electron chi connectivity index (χ1n) is 6.57. The second-order valence-corrected chi connectivity index (χ2v) is 5.44. The van der Waals surface area contributed by atoms with Crippen molar-refractivity contribution >= 4 is 0 Å². The van der Waals surface area contributed by atoms with E-state index in [2.05, 4.69) is 31.3 Å². The highest BCUT2D eigenvalue weighted by Gasteiger charge is 2.17. The monoisotopic (exact) mass is 233 g/mol. The molecule has 17 heavy (non-hydrogen) atoms. The van der Waals surface area contributed by atoms with Crippen LogP contribution < -0.4 is 5.32 Å². The van der Waals surface area contributed by atoms with Gasteiger partial charge in [-0.15, -0.1) is 0 Å². The van der Waals surface area contributed by atoms with Crippen LogP contribution in [-0.2, 0) is 6.54 Å². The van der Waals surface area contributed by atoms with E-state index in [1.165, 1.54) is 12.8 Å². The topological polar surface area (TPSA) is 25.2 Å². The lowest BCUT2D eigenvalue weighted by molar-refractivity contribution is 0.370. The van der Waals surface area contributed by atoms with Crippen LogP contribution in [0.4, 0.5) is 0 Å². The first-order chi connectivity index (χ1) is 8.13. The molecule has 0 radical (unpaired) electrons. The third-order valence-electron chi connectivity index (χ3n) is 3.41. The van der Waals surface area contributed by atoms with Gasteiger partial charge >= 0.3 is 0 Å². The molecule has 0 fully saturated rings. The highest BCUT2D eigenvalue weighted by atomic mass is 16.3. The zero-order chi connectivity index (χ0) is 12.3. The summed E-state index contributed by atoms with van der Waals surface area (Å²) in [6.07, 6.45) is 4.96. The molecule has 1 aromatic heterocycles. The molecule has 0 spiro atoms. The van der Waals surface area contributed by atoms with Gasteiger partial charge in [0.25, 0.3) is 0 Å². The summed E-state index contributed by atoms with van der Waals surface area (Å²) in [5, 5.41) is 3.50. The van der Waals surface area contributed by atoms with Crippen LogP contribution in [0.25, 0.3) is 0 Å². The van der Waals surface area contributed by atoms with Crippen LogP contribution >= 0.6 is 0 Å². The maximum Gasteiger partial charge on any atom is 0.117 e. The average molecular weight is 233 g/mol. The second kappa shape index (κ2) is 5.54. The number of allylic oxidation sites excluding steroid dienone is 2. The van der Waals surface area contributed by atoms with Gasteiger partial charge in [-0.05, 0) is 57.2 Å². The molecule has 94 valence electrons. The summed E-state index contributed by atoms with van der Waals surface area (Å²) in [5.41, 5.74) is 1.55. The number of aryl methyl sites for hydroxylation is 1. The van der Waals surface area contributed by atoms with Gasteiger partial charge in [-0.3, -0.25) is 0 Å². The van der Waals surface area contributed by atoms with Crippen molar-refractivity contribution in [2.45, 2.75) is 40.2 Å². The van der Waals surface area contributed by atoms with Crippen LogP contribution in [0.1, 0.15) is 38.2 Å². The van der Waals surface area contributed by atoms with Crippen molar-refractivity contribution in [1.82, 2.24) is 5.32 Å². The van der Waals surface area contributed by atoms with E-state index in [4.69, 9.17) is 4.42 Å². The number of hydrogen-bond donors (Lipinski definition) is 1.